The summed E-state index contributed by atoms with van der Waals surface area (Å²) in [7, 11) is 0. The Labute approximate surface area is 134 Å². The number of aromatic amines is 1. The average Bonchev–Trinajstić information content (AvgIpc) is 2.79. The van der Waals surface area contributed by atoms with Crippen LogP contribution in [0.3, 0.4) is 0 Å². The number of aromatic nitrogens is 1. The Morgan fingerprint density at radius 2 is 1.83 bits per heavy atom. The predicted molar refractivity (Wildman–Crippen MR) is 86.8 cm³/mol. The van der Waals surface area contributed by atoms with Crippen LogP contribution in [-0.2, 0) is 19.9 Å². The van der Waals surface area contributed by atoms with E-state index in [1.165, 1.54) is 6.92 Å². The standard InChI is InChI=1S/C17H22N2O4/c1-16(2,3)23-15(22)13(14(20)21)17(4,18)11-9-19-12-8-6-5-7-10(11)12/h5-9,13,19H,18H2,1-4H3,(H,20,21). The molecule has 124 valence electrons. The number of esters is 1. The molecule has 1 aromatic heterocycles. The van der Waals surface area contributed by atoms with Crippen LogP contribution in [0.2, 0.25) is 0 Å². The third-order valence-corrected chi connectivity index (χ3v) is 3.66. The summed E-state index contributed by atoms with van der Waals surface area (Å²) < 4.78 is 5.25. The maximum Gasteiger partial charge on any atom is 0.323 e. The quantitative estimate of drug-likeness (QED) is 0.593. The maximum atomic E-state index is 12.4. The van der Waals surface area contributed by atoms with E-state index in [9.17, 15) is 14.7 Å². The number of nitrogens with two attached hydrogens (primary N) is 1. The van der Waals surface area contributed by atoms with Gasteiger partial charge in [-0.15, -0.1) is 0 Å². The highest BCUT2D eigenvalue weighted by molar-refractivity contribution is 5.97. The number of H-pyrrole nitrogens is 1. The van der Waals surface area contributed by atoms with Crippen molar-refractivity contribution in [2.24, 2.45) is 11.7 Å². The summed E-state index contributed by atoms with van der Waals surface area (Å²) in [5.41, 5.74) is 5.49. The predicted octanol–water partition coefficient (Wildman–Crippen LogP) is 2.38. The molecular weight excluding hydrogens is 296 g/mol. The molecule has 0 bridgehead atoms. The Morgan fingerprint density at radius 3 is 2.39 bits per heavy atom. The van der Waals surface area contributed by atoms with Gasteiger partial charge in [-0.3, -0.25) is 9.59 Å². The highest BCUT2D eigenvalue weighted by atomic mass is 16.6. The fourth-order valence-corrected chi connectivity index (χ4v) is 2.64. The van der Waals surface area contributed by atoms with Crippen molar-refractivity contribution in [1.82, 2.24) is 4.98 Å². The molecular formula is C17H22N2O4. The Balaban J connectivity index is 2.49. The minimum absolute atomic E-state index is 0.561. The van der Waals surface area contributed by atoms with E-state index in [0.29, 0.717) is 5.56 Å². The fraction of sp³-hybridized carbons (Fsp3) is 0.412. The van der Waals surface area contributed by atoms with Gasteiger partial charge in [-0.05, 0) is 39.3 Å². The monoisotopic (exact) mass is 318 g/mol. The fourth-order valence-electron chi connectivity index (χ4n) is 2.64. The number of hydrogen-bond donors (Lipinski definition) is 3. The topological polar surface area (TPSA) is 105 Å². The number of carbonyl (C=O) groups is 2. The van der Waals surface area contributed by atoms with Crippen molar-refractivity contribution in [1.29, 1.82) is 0 Å². The molecule has 4 N–H and O–H groups in total. The zero-order valence-corrected chi connectivity index (χ0v) is 13.7. The van der Waals surface area contributed by atoms with Crippen molar-refractivity contribution < 1.29 is 19.4 Å². The molecule has 0 aliphatic carbocycles. The Bertz CT molecular complexity index is 740. The van der Waals surface area contributed by atoms with Crippen molar-refractivity contribution in [2.45, 2.75) is 38.8 Å². The summed E-state index contributed by atoms with van der Waals surface area (Å²) in [6, 6.07) is 7.39. The van der Waals surface area contributed by atoms with E-state index in [0.717, 1.165) is 10.9 Å². The minimum atomic E-state index is -1.51. The van der Waals surface area contributed by atoms with E-state index >= 15 is 0 Å². The van der Waals surface area contributed by atoms with E-state index in [-0.39, 0.29) is 0 Å². The Morgan fingerprint density at radius 1 is 1.22 bits per heavy atom. The molecule has 0 aliphatic heterocycles. The largest absolute Gasteiger partial charge is 0.481 e. The van der Waals surface area contributed by atoms with Crippen molar-refractivity contribution in [2.75, 3.05) is 0 Å². The lowest BCUT2D eigenvalue weighted by molar-refractivity contribution is -0.170. The van der Waals surface area contributed by atoms with Gasteiger partial charge >= 0.3 is 11.9 Å². The van der Waals surface area contributed by atoms with Gasteiger partial charge in [0.2, 0.25) is 0 Å². The summed E-state index contributed by atoms with van der Waals surface area (Å²) in [4.78, 5) is 27.1. The van der Waals surface area contributed by atoms with Crippen LogP contribution < -0.4 is 5.73 Å². The SMILES string of the molecule is CC(C)(C)OC(=O)C(C(=O)O)C(C)(N)c1c[nH]c2ccccc12. The number of carboxylic acid groups (broad SMARTS) is 1. The van der Waals surface area contributed by atoms with Gasteiger partial charge in [0.1, 0.15) is 5.60 Å². The van der Waals surface area contributed by atoms with Crippen LogP contribution >= 0.6 is 0 Å². The maximum absolute atomic E-state index is 12.4. The number of fused-ring (bicyclic) bond motifs is 1. The van der Waals surface area contributed by atoms with E-state index in [1.54, 1.807) is 27.0 Å². The normalized spacial score (nSPS) is 15.9. The van der Waals surface area contributed by atoms with Crippen molar-refractivity contribution in [3.8, 4) is 0 Å². The smallest absolute Gasteiger partial charge is 0.323 e. The molecule has 0 fully saturated rings. The average molecular weight is 318 g/mol. The second kappa shape index (κ2) is 5.70. The summed E-state index contributed by atoms with van der Waals surface area (Å²) in [5.74, 6) is -3.67. The second-order valence-corrected chi connectivity index (χ2v) is 6.84. The van der Waals surface area contributed by atoms with Crippen LogP contribution in [0, 0.1) is 5.92 Å². The third kappa shape index (κ3) is 3.37. The molecule has 0 radical (unpaired) electrons. The van der Waals surface area contributed by atoms with Gasteiger partial charge in [-0.2, -0.15) is 0 Å². The molecule has 0 amide bonds. The molecule has 2 unspecified atom stereocenters. The lowest BCUT2D eigenvalue weighted by Crippen LogP contribution is -2.50. The minimum Gasteiger partial charge on any atom is -0.481 e. The Hall–Kier alpha value is -2.34. The van der Waals surface area contributed by atoms with E-state index in [4.69, 9.17) is 10.5 Å². The summed E-state index contributed by atoms with van der Waals surface area (Å²) in [5, 5.41) is 10.3. The number of carboxylic acids is 1. The zero-order valence-electron chi connectivity index (χ0n) is 13.7. The number of hydrogen-bond acceptors (Lipinski definition) is 4. The highest BCUT2D eigenvalue weighted by Crippen LogP contribution is 2.34. The first kappa shape index (κ1) is 17.0. The van der Waals surface area contributed by atoms with Gasteiger partial charge in [-0.25, -0.2) is 0 Å². The van der Waals surface area contributed by atoms with Gasteiger partial charge < -0.3 is 20.6 Å². The first-order valence-corrected chi connectivity index (χ1v) is 7.35. The van der Waals surface area contributed by atoms with Crippen LogP contribution in [-0.4, -0.2) is 27.6 Å². The molecule has 0 saturated heterocycles. The van der Waals surface area contributed by atoms with Gasteiger partial charge in [0.15, 0.2) is 5.92 Å². The summed E-state index contributed by atoms with van der Waals surface area (Å²) in [6.45, 7) is 6.58. The molecule has 2 atom stereocenters. The van der Waals surface area contributed by atoms with E-state index in [2.05, 4.69) is 4.98 Å². The molecule has 6 nitrogen and oxygen atoms in total. The van der Waals surface area contributed by atoms with Crippen molar-refractivity contribution >= 4 is 22.8 Å². The number of rotatable bonds is 4. The highest BCUT2D eigenvalue weighted by Gasteiger charge is 2.46. The summed E-state index contributed by atoms with van der Waals surface area (Å²) in [6.07, 6.45) is 1.64. The van der Waals surface area contributed by atoms with Crippen molar-refractivity contribution in [3.63, 3.8) is 0 Å². The number of ether oxygens (including phenoxy) is 1. The number of aliphatic carboxylic acids is 1. The lowest BCUT2D eigenvalue weighted by Gasteiger charge is -2.32. The zero-order chi connectivity index (χ0) is 17.4. The van der Waals surface area contributed by atoms with Gasteiger partial charge in [0, 0.05) is 17.1 Å². The number of nitrogens with one attached hydrogen (secondary N) is 1. The third-order valence-electron chi connectivity index (χ3n) is 3.66. The molecule has 2 rings (SSSR count). The summed E-state index contributed by atoms with van der Waals surface area (Å²) >= 11 is 0. The van der Waals surface area contributed by atoms with E-state index < -0.39 is 29.0 Å². The number of carbonyl (C=O) groups excluding carboxylic acids is 1. The molecule has 23 heavy (non-hydrogen) atoms. The molecule has 1 aromatic carbocycles. The van der Waals surface area contributed by atoms with Gasteiger partial charge in [0.05, 0.1) is 5.54 Å². The first-order chi connectivity index (χ1) is 10.5. The number of benzene rings is 1. The van der Waals surface area contributed by atoms with Crippen LogP contribution in [0.15, 0.2) is 30.5 Å². The molecule has 0 saturated carbocycles. The molecule has 2 aromatic rings. The van der Waals surface area contributed by atoms with Gasteiger partial charge in [0.25, 0.3) is 0 Å². The lowest BCUT2D eigenvalue weighted by atomic mass is 9.80. The van der Waals surface area contributed by atoms with Crippen molar-refractivity contribution in [3.05, 3.63) is 36.0 Å². The van der Waals surface area contributed by atoms with E-state index in [1.807, 2.05) is 24.3 Å². The van der Waals surface area contributed by atoms with Crippen LogP contribution in [0.4, 0.5) is 0 Å². The molecule has 6 heteroatoms. The Kier molecular flexibility index (Phi) is 4.22. The van der Waals surface area contributed by atoms with Crippen LogP contribution in [0.25, 0.3) is 10.9 Å². The number of para-hydroxylation sites is 1. The molecule has 1 heterocycles. The first-order valence-electron chi connectivity index (χ1n) is 7.35. The second-order valence-electron chi connectivity index (χ2n) is 6.84. The molecule has 0 spiro atoms. The van der Waals surface area contributed by atoms with Crippen LogP contribution in [0.1, 0.15) is 33.3 Å². The molecule has 0 aliphatic rings. The van der Waals surface area contributed by atoms with Gasteiger partial charge in [-0.1, -0.05) is 18.2 Å². The van der Waals surface area contributed by atoms with Crippen LogP contribution in [0.5, 0.6) is 0 Å².